The second-order valence-electron chi connectivity index (χ2n) is 5.27. The van der Waals surface area contributed by atoms with E-state index < -0.39 is 0 Å². The molecule has 2 aromatic rings. The molecule has 0 aliphatic carbocycles. The highest BCUT2D eigenvalue weighted by Gasteiger charge is 2.14. The van der Waals surface area contributed by atoms with E-state index in [1.165, 1.54) is 16.7 Å². The first-order chi connectivity index (χ1) is 9.52. The second kappa shape index (κ2) is 6.41. The van der Waals surface area contributed by atoms with Crippen LogP contribution in [0.3, 0.4) is 0 Å². The summed E-state index contributed by atoms with van der Waals surface area (Å²) >= 11 is 1.71. The molecule has 0 amide bonds. The number of nitrogens with two attached hydrogens (primary N) is 1. The Balaban J connectivity index is 2.14. The van der Waals surface area contributed by atoms with Crippen molar-refractivity contribution < 1.29 is 0 Å². The van der Waals surface area contributed by atoms with Gasteiger partial charge in [-0.1, -0.05) is 30.0 Å². The minimum atomic E-state index is 0.325. The molecular weight excluding hydrogens is 268 g/mol. The van der Waals surface area contributed by atoms with Crippen LogP contribution in [0.25, 0.3) is 0 Å². The van der Waals surface area contributed by atoms with Crippen molar-refractivity contribution in [1.29, 1.82) is 0 Å². The van der Waals surface area contributed by atoms with Crippen LogP contribution in [0.4, 0.5) is 0 Å². The lowest BCUT2D eigenvalue weighted by molar-refractivity contribution is 0.526. The molecular formula is C15H22N4S. The van der Waals surface area contributed by atoms with Crippen LogP contribution in [0.5, 0.6) is 0 Å². The van der Waals surface area contributed by atoms with Crippen molar-refractivity contribution in [2.45, 2.75) is 51.2 Å². The van der Waals surface area contributed by atoms with Gasteiger partial charge in [0.15, 0.2) is 5.16 Å². The maximum absolute atomic E-state index is 5.71. The molecule has 0 aliphatic heterocycles. The number of benzene rings is 1. The van der Waals surface area contributed by atoms with E-state index in [0.29, 0.717) is 12.6 Å². The molecule has 5 heteroatoms. The smallest absolute Gasteiger partial charge is 0.191 e. The van der Waals surface area contributed by atoms with E-state index in [4.69, 9.17) is 5.73 Å². The summed E-state index contributed by atoms with van der Waals surface area (Å²) in [6, 6.07) is 6.91. The molecule has 20 heavy (non-hydrogen) atoms. The second-order valence-corrected chi connectivity index (χ2v) is 6.22. The quantitative estimate of drug-likeness (QED) is 0.859. The first-order valence-electron chi connectivity index (χ1n) is 6.85. The molecule has 1 aromatic carbocycles. The van der Waals surface area contributed by atoms with Gasteiger partial charge in [0.05, 0.1) is 6.54 Å². The number of nitrogens with zero attached hydrogens (tertiary/aromatic N) is 3. The van der Waals surface area contributed by atoms with Crippen LogP contribution in [0.1, 0.15) is 42.4 Å². The van der Waals surface area contributed by atoms with Gasteiger partial charge in [0.25, 0.3) is 0 Å². The predicted molar refractivity (Wildman–Crippen MR) is 83.8 cm³/mol. The van der Waals surface area contributed by atoms with E-state index >= 15 is 0 Å². The highest BCUT2D eigenvalue weighted by molar-refractivity contribution is 7.98. The average molecular weight is 290 g/mol. The molecule has 1 heterocycles. The number of thioether (sulfide) groups is 1. The summed E-state index contributed by atoms with van der Waals surface area (Å²) in [5, 5.41) is 9.37. The zero-order valence-electron chi connectivity index (χ0n) is 12.6. The minimum Gasteiger partial charge on any atom is -0.324 e. The van der Waals surface area contributed by atoms with Crippen LogP contribution >= 0.6 is 11.8 Å². The van der Waals surface area contributed by atoms with E-state index in [9.17, 15) is 0 Å². The first-order valence-corrected chi connectivity index (χ1v) is 7.84. The lowest BCUT2D eigenvalue weighted by atomic mass is 10.1. The lowest BCUT2D eigenvalue weighted by Crippen LogP contribution is -2.11. The molecule has 1 aromatic heterocycles. The zero-order chi connectivity index (χ0) is 14.7. The molecule has 0 saturated carbocycles. The van der Waals surface area contributed by atoms with Crippen molar-refractivity contribution in [2.75, 3.05) is 0 Å². The molecule has 4 nitrogen and oxygen atoms in total. The van der Waals surface area contributed by atoms with E-state index in [-0.39, 0.29) is 0 Å². The van der Waals surface area contributed by atoms with Crippen LogP contribution in [0.15, 0.2) is 23.4 Å². The van der Waals surface area contributed by atoms with Gasteiger partial charge in [-0.25, -0.2) is 0 Å². The highest BCUT2D eigenvalue weighted by Crippen LogP contribution is 2.25. The third-order valence-corrected chi connectivity index (χ3v) is 4.39. The Hall–Kier alpha value is -1.33. The molecule has 2 rings (SSSR count). The Bertz CT molecular complexity index is 590. The van der Waals surface area contributed by atoms with Gasteiger partial charge in [0.2, 0.25) is 0 Å². The summed E-state index contributed by atoms with van der Waals surface area (Å²) < 4.78 is 2.12. The predicted octanol–water partition coefficient (Wildman–Crippen LogP) is 3.23. The van der Waals surface area contributed by atoms with Gasteiger partial charge in [-0.3, -0.25) is 0 Å². The summed E-state index contributed by atoms with van der Waals surface area (Å²) in [5.41, 5.74) is 9.68. The largest absolute Gasteiger partial charge is 0.324 e. The molecule has 108 valence electrons. The fourth-order valence-electron chi connectivity index (χ4n) is 2.10. The zero-order valence-corrected chi connectivity index (χ0v) is 13.4. The van der Waals surface area contributed by atoms with Crippen molar-refractivity contribution in [2.24, 2.45) is 5.73 Å². The van der Waals surface area contributed by atoms with Crippen molar-refractivity contribution in [3.05, 3.63) is 40.7 Å². The van der Waals surface area contributed by atoms with E-state index in [1.807, 2.05) is 0 Å². The van der Waals surface area contributed by atoms with Gasteiger partial charge in [-0.2, -0.15) is 0 Å². The number of hydrogen-bond donors (Lipinski definition) is 1. The SMILES string of the molecule is Cc1ccc(CSc2nnc(CN)n2C(C)C)cc1C. The Morgan fingerprint density at radius 2 is 1.95 bits per heavy atom. The van der Waals surface area contributed by atoms with Gasteiger partial charge in [0.1, 0.15) is 5.82 Å². The molecule has 0 bridgehead atoms. The topological polar surface area (TPSA) is 56.7 Å². The summed E-state index contributed by atoms with van der Waals surface area (Å²) in [4.78, 5) is 0. The number of rotatable bonds is 5. The normalized spacial score (nSPS) is 11.3. The molecule has 0 saturated heterocycles. The monoisotopic (exact) mass is 290 g/mol. The third kappa shape index (κ3) is 3.22. The summed E-state index contributed by atoms with van der Waals surface area (Å²) in [6.45, 7) is 8.96. The maximum atomic E-state index is 5.71. The number of aryl methyl sites for hydroxylation is 2. The van der Waals surface area contributed by atoms with E-state index in [2.05, 4.69) is 60.7 Å². The lowest BCUT2D eigenvalue weighted by Gasteiger charge is -2.13. The van der Waals surface area contributed by atoms with Gasteiger partial charge in [-0.15, -0.1) is 10.2 Å². The van der Waals surface area contributed by atoms with Gasteiger partial charge in [-0.05, 0) is 44.4 Å². The van der Waals surface area contributed by atoms with Gasteiger partial charge >= 0.3 is 0 Å². The molecule has 2 N–H and O–H groups in total. The van der Waals surface area contributed by atoms with Crippen LogP contribution < -0.4 is 5.73 Å². The Labute approximate surface area is 124 Å². The molecule has 0 spiro atoms. The standard InChI is InChI=1S/C15H22N4S/c1-10(2)19-14(8-16)17-18-15(19)20-9-13-6-5-11(3)12(4)7-13/h5-7,10H,8-9,16H2,1-4H3. The molecule has 0 aliphatic rings. The van der Waals surface area contributed by atoms with Gasteiger partial charge < -0.3 is 10.3 Å². The average Bonchev–Trinajstić information content (AvgIpc) is 2.83. The van der Waals surface area contributed by atoms with Crippen LogP contribution in [-0.4, -0.2) is 14.8 Å². The number of aromatic nitrogens is 3. The summed E-state index contributed by atoms with van der Waals surface area (Å²) in [7, 11) is 0. The van der Waals surface area contributed by atoms with Crippen LogP contribution in [0, 0.1) is 13.8 Å². The van der Waals surface area contributed by atoms with Gasteiger partial charge in [0, 0.05) is 11.8 Å². The van der Waals surface area contributed by atoms with Crippen molar-refractivity contribution in [3.63, 3.8) is 0 Å². The fourth-order valence-corrected chi connectivity index (χ4v) is 3.13. The Morgan fingerprint density at radius 1 is 1.20 bits per heavy atom. The van der Waals surface area contributed by atoms with Crippen LogP contribution in [-0.2, 0) is 12.3 Å². The fraction of sp³-hybridized carbons (Fsp3) is 0.467. The third-order valence-electron chi connectivity index (χ3n) is 3.37. The van der Waals surface area contributed by atoms with Crippen LogP contribution in [0.2, 0.25) is 0 Å². The highest BCUT2D eigenvalue weighted by atomic mass is 32.2. The van der Waals surface area contributed by atoms with E-state index in [0.717, 1.165) is 16.7 Å². The molecule has 0 radical (unpaired) electrons. The number of hydrogen-bond acceptors (Lipinski definition) is 4. The molecule has 0 fully saturated rings. The Kier molecular flexibility index (Phi) is 4.83. The Morgan fingerprint density at radius 3 is 2.55 bits per heavy atom. The first kappa shape index (κ1) is 15.1. The molecule has 0 unspecified atom stereocenters. The van der Waals surface area contributed by atoms with Crippen molar-refractivity contribution in [1.82, 2.24) is 14.8 Å². The maximum Gasteiger partial charge on any atom is 0.191 e. The van der Waals surface area contributed by atoms with Crippen molar-refractivity contribution in [3.8, 4) is 0 Å². The van der Waals surface area contributed by atoms with Crippen molar-refractivity contribution >= 4 is 11.8 Å². The van der Waals surface area contributed by atoms with E-state index in [1.54, 1.807) is 11.8 Å². The molecule has 0 atom stereocenters. The summed E-state index contributed by atoms with van der Waals surface area (Å²) in [6.07, 6.45) is 0. The summed E-state index contributed by atoms with van der Waals surface area (Å²) in [5.74, 6) is 1.75. The minimum absolute atomic E-state index is 0.325.